The Labute approximate surface area is 118 Å². The number of halogens is 1. The molecular weight excluding hydrogens is 290 g/mol. The van der Waals surface area contributed by atoms with Crippen molar-refractivity contribution in [1.29, 1.82) is 0 Å². The molecule has 0 aliphatic carbocycles. The summed E-state index contributed by atoms with van der Waals surface area (Å²) in [6.45, 7) is 5.23. The third-order valence-corrected chi connectivity index (χ3v) is 3.85. The summed E-state index contributed by atoms with van der Waals surface area (Å²) in [6, 6.07) is 7.03. The highest BCUT2D eigenvalue weighted by Gasteiger charge is 2.21. The second kappa shape index (κ2) is 6.58. The summed E-state index contributed by atoms with van der Waals surface area (Å²) in [6.07, 6.45) is 5.04. The van der Waals surface area contributed by atoms with Crippen LogP contribution >= 0.6 is 15.9 Å². The lowest BCUT2D eigenvalue weighted by atomic mass is 10.00. The fourth-order valence-corrected chi connectivity index (χ4v) is 3.20. The quantitative estimate of drug-likeness (QED) is 0.883. The van der Waals surface area contributed by atoms with Gasteiger partial charge in [0.15, 0.2) is 0 Å². The number of ether oxygens (including phenoxy) is 1. The topological polar surface area (TPSA) is 21.3 Å². The monoisotopic (exact) mass is 311 g/mol. The van der Waals surface area contributed by atoms with Crippen LogP contribution in [-0.2, 0) is 4.74 Å². The van der Waals surface area contributed by atoms with Gasteiger partial charge in [-0.15, -0.1) is 0 Å². The molecule has 0 bridgehead atoms. The molecule has 0 aromatic heterocycles. The minimum atomic E-state index is 0.439. The van der Waals surface area contributed by atoms with E-state index in [2.05, 4.69) is 53.3 Å². The molecule has 0 spiro atoms. The van der Waals surface area contributed by atoms with E-state index in [1.54, 1.807) is 0 Å². The van der Waals surface area contributed by atoms with Gasteiger partial charge in [-0.2, -0.15) is 0 Å². The first-order chi connectivity index (χ1) is 8.67. The molecule has 1 N–H and O–H groups in total. The van der Waals surface area contributed by atoms with Gasteiger partial charge in [-0.3, -0.25) is 0 Å². The van der Waals surface area contributed by atoms with Crippen molar-refractivity contribution >= 4 is 21.6 Å². The number of hydrogen-bond acceptors (Lipinski definition) is 2. The van der Waals surface area contributed by atoms with Crippen LogP contribution in [-0.4, -0.2) is 18.8 Å². The van der Waals surface area contributed by atoms with E-state index in [4.69, 9.17) is 4.74 Å². The highest BCUT2D eigenvalue weighted by Crippen LogP contribution is 2.24. The zero-order chi connectivity index (χ0) is 13.0. The van der Waals surface area contributed by atoms with Crippen molar-refractivity contribution in [2.24, 2.45) is 0 Å². The number of hydrogen-bond donors (Lipinski definition) is 1. The van der Waals surface area contributed by atoms with E-state index < -0.39 is 0 Å². The van der Waals surface area contributed by atoms with Gasteiger partial charge in [0, 0.05) is 22.8 Å². The summed E-state index contributed by atoms with van der Waals surface area (Å²) >= 11 is 3.55. The summed E-state index contributed by atoms with van der Waals surface area (Å²) in [5.41, 5.74) is 2.49. The molecule has 0 saturated carbocycles. The second-order valence-corrected chi connectivity index (χ2v) is 6.08. The van der Waals surface area contributed by atoms with E-state index in [9.17, 15) is 0 Å². The van der Waals surface area contributed by atoms with Crippen molar-refractivity contribution in [1.82, 2.24) is 0 Å². The highest BCUT2D eigenvalue weighted by atomic mass is 79.9. The Bertz CT molecular complexity index is 372. The van der Waals surface area contributed by atoms with E-state index in [0.29, 0.717) is 12.1 Å². The summed E-state index contributed by atoms with van der Waals surface area (Å²) < 4.78 is 6.93. The summed E-state index contributed by atoms with van der Waals surface area (Å²) in [5.74, 6) is 0. The van der Waals surface area contributed by atoms with Gasteiger partial charge < -0.3 is 10.1 Å². The molecule has 1 aromatic rings. The first kappa shape index (κ1) is 13.9. The van der Waals surface area contributed by atoms with Gasteiger partial charge in [-0.1, -0.05) is 29.3 Å². The number of nitrogens with one attached hydrogen (secondary N) is 1. The maximum absolute atomic E-state index is 5.78. The Balaban J connectivity index is 1.95. The molecule has 1 aliphatic rings. The van der Waals surface area contributed by atoms with Crippen molar-refractivity contribution in [3.05, 3.63) is 28.2 Å². The van der Waals surface area contributed by atoms with Crippen LogP contribution in [0.4, 0.5) is 5.69 Å². The third-order valence-electron chi connectivity index (χ3n) is 3.39. The maximum Gasteiger partial charge on any atom is 0.0594 e. The van der Waals surface area contributed by atoms with Crippen LogP contribution in [0.5, 0.6) is 0 Å². The van der Waals surface area contributed by atoms with Crippen molar-refractivity contribution in [3.63, 3.8) is 0 Å². The molecule has 100 valence electrons. The summed E-state index contributed by atoms with van der Waals surface area (Å²) in [5, 5.41) is 3.64. The molecule has 18 heavy (non-hydrogen) atoms. The van der Waals surface area contributed by atoms with Crippen molar-refractivity contribution in [2.75, 3.05) is 11.9 Å². The lowest BCUT2D eigenvalue weighted by molar-refractivity contribution is 0.00598. The Kier molecular flexibility index (Phi) is 5.07. The highest BCUT2D eigenvalue weighted by molar-refractivity contribution is 9.10. The molecular formula is C15H22BrNO. The fraction of sp³-hybridized carbons (Fsp3) is 0.600. The van der Waals surface area contributed by atoms with Gasteiger partial charge in [0.25, 0.3) is 0 Å². The fourth-order valence-electron chi connectivity index (χ4n) is 2.59. The molecule has 1 heterocycles. The Morgan fingerprint density at radius 3 is 2.94 bits per heavy atom. The lowest BCUT2D eigenvalue weighted by Crippen LogP contribution is -2.34. The van der Waals surface area contributed by atoms with E-state index >= 15 is 0 Å². The maximum atomic E-state index is 5.78. The smallest absolute Gasteiger partial charge is 0.0594 e. The SMILES string of the molecule is CCCC1CC(Nc2cc(C)cc(Br)c2)CCO1. The Hall–Kier alpha value is -0.540. The zero-order valence-corrected chi connectivity index (χ0v) is 12.8. The van der Waals surface area contributed by atoms with Crippen LogP contribution in [0.1, 0.15) is 38.2 Å². The molecule has 2 rings (SSSR count). The number of benzene rings is 1. The first-order valence-electron chi connectivity index (χ1n) is 6.82. The van der Waals surface area contributed by atoms with Crippen molar-refractivity contribution < 1.29 is 4.74 Å². The molecule has 2 atom stereocenters. The van der Waals surface area contributed by atoms with Crippen molar-refractivity contribution in [2.45, 2.75) is 51.7 Å². The molecule has 1 aromatic carbocycles. The average molecular weight is 312 g/mol. The largest absolute Gasteiger partial charge is 0.382 e. The van der Waals surface area contributed by atoms with Crippen LogP contribution in [0.3, 0.4) is 0 Å². The van der Waals surface area contributed by atoms with Gasteiger partial charge in [-0.25, -0.2) is 0 Å². The Morgan fingerprint density at radius 1 is 1.39 bits per heavy atom. The average Bonchev–Trinajstić information content (AvgIpc) is 2.28. The summed E-state index contributed by atoms with van der Waals surface area (Å²) in [7, 11) is 0. The van der Waals surface area contributed by atoms with Crippen molar-refractivity contribution in [3.8, 4) is 0 Å². The molecule has 0 amide bonds. The number of rotatable bonds is 4. The van der Waals surface area contributed by atoms with Gasteiger partial charge in [0.2, 0.25) is 0 Å². The zero-order valence-electron chi connectivity index (χ0n) is 11.2. The van der Waals surface area contributed by atoms with E-state index in [1.807, 2.05) is 0 Å². The predicted octanol–water partition coefficient (Wildman–Crippen LogP) is 4.52. The number of anilines is 1. The summed E-state index contributed by atoms with van der Waals surface area (Å²) in [4.78, 5) is 0. The minimum absolute atomic E-state index is 0.439. The van der Waals surface area contributed by atoms with Crippen LogP contribution in [0.15, 0.2) is 22.7 Å². The lowest BCUT2D eigenvalue weighted by Gasteiger charge is -2.30. The van der Waals surface area contributed by atoms with Crippen LogP contribution in [0, 0.1) is 6.92 Å². The minimum Gasteiger partial charge on any atom is -0.382 e. The molecule has 1 fully saturated rings. The molecule has 1 aliphatic heterocycles. The molecule has 2 nitrogen and oxygen atoms in total. The first-order valence-corrected chi connectivity index (χ1v) is 7.62. The molecule has 2 unspecified atom stereocenters. The standard InChI is InChI=1S/C15H22BrNO/c1-3-4-15-10-13(5-6-18-15)17-14-8-11(2)7-12(16)9-14/h7-9,13,15,17H,3-6,10H2,1-2H3. The van der Waals surface area contributed by atoms with Gasteiger partial charge >= 0.3 is 0 Å². The third kappa shape index (κ3) is 3.99. The van der Waals surface area contributed by atoms with Crippen LogP contribution in [0.25, 0.3) is 0 Å². The van der Waals surface area contributed by atoms with Crippen LogP contribution < -0.4 is 5.32 Å². The van der Waals surface area contributed by atoms with E-state index in [1.165, 1.54) is 24.1 Å². The Morgan fingerprint density at radius 2 is 2.22 bits per heavy atom. The van der Waals surface area contributed by atoms with Crippen LogP contribution in [0.2, 0.25) is 0 Å². The molecule has 1 saturated heterocycles. The second-order valence-electron chi connectivity index (χ2n) is 5.16. The van der Waals surface area contributed by atoms with Gasteiger partial charge in [-0.05, 0) is 49.9 Å². The molecule has 3 heteroatoms. The predicted molar refractivity (Wildman–Crippen MR) is 80.2 cm³/mol. The van der Waals surface area contributed by atoms with E-state index in [0.717, 1.165) is 23.9 Å². The van der Waals surface area contributed by atoms with Gasteiger partial charge in [0.05, 0.1) is 6.10 Å². The number of aryl methyl sites for hydroxylation is 1. The van der Waals surface area contributed by atoms with Gasteiger partial charge in [0.1, 0.15) is 0 Å². The van der Waals surface area contributed by atoms with E-state index in [-0.39, 0.29) is 0 Å². The molecule has 0 radical (unpaired) electrons. The normalized spacial score (nSPS) is 23.9.